The Morgan fingerprint density at radius 3 is 1.81 bits per heavy atom. The van der Waals surface area contributed by atoms with Gasteiger partial charge in [0.25, 0.3) is 0 Å². The lowest BCUT2D eigenvalue weighted by Crippen LogP contribution is -2.64. The molecule has 40 heteroatoms. The number of benzene rings is 1. The van der Waals surface area contributed by atoms with Crippen LogP contribution in [0.4, 0.5) is 0 Å². The molecular formula is C73H112N20O20. The number of carboxylic acid groups (broad SMARTS) is 1. The van der Waals surface area contributed by atoms with E-state index in [-0.39, 0.29) is 83.5 Å². The Morgan fingerprint density at radius 2 is 1.16 bits per heavy atom. The van der Waals surface area contributed by atoms with Gasteiger partial charge in [0, 0.05) is 92.5 Å². The number of hydrogen-bond donors (Lipinski definition) is 23. The van der Waals surface area contributed by atoms with Gasteiger partial charge < -0.3 is 120 Å². The number of fused-ring (bicyclic) bond motifs is 1. The molecule has 1 saturated carbocycles. The molecule has 2 aliphatic rings. The molecule has 0 radical (unpaired) electrons. The number of aromatic amines is 3. The zero-order valence-electron chi connectivity index (χ0n) is 64.1. The number of carbonyl (C=O) groups is 14. The van der Waals surface area contributed by atoms with E-state index >= 15 is 0 Å². The summed E-state index contributed by atoms with van der Waals surface area (Å²) in [6.45, 7) is 4.10. The first kappa shape index (κ1) is 91.4. The Bertz CT molecular complexity index is 3800. The van der Waals surface area contributed by atoms with Crippen molar-refractivity contribution < 1.29 is 97.4 Å². The van der Waals surface area contributed by atoms with Gasteiger partial charge in [-0.05, 0) is 75.5 Å². The summed E-state index contributed by atoms with van der Waals surface area (Å²) in [4.78, 5) is 205. The molecule has 25 N–H and O–H groups in total. The molecule has 13 amide bonds. The fourth-order valence-electron chi connectivity index (χ4n) is 12.9. The summed E-state index contributed by atoms with van der Waals surface area (Å²) in [6.07, 6.45) is 7.55. The molecule has 2 fully saturated rings. The lowest BCUT2D eigenvalue weighted by Gasteiger charge is -2.41. The van der Waals surface area contributed by atoms with Crippen molar-refractivity contribution in [1.29, 1.82) is 0 Å². The molecule has 1 aliphatic heterocycles. The first-order valence-electron chi connectivity index (χ1n) is 38.2. The van der Waals surface area contributed by atoms with Crippen LogP contribution in [0, 0.1) is 11.8 Å². The number of aliphatic hydroxyl groups excluding tert-OH is 3. The van der Waals surface area contributed by atoms with Crippen molar-refractivity contribution in [2.75, 3.05) is 45.9 Å². The molecular weight excluding hydrogens is 1480 g/mol. The Kier molecular flexibility index (Phi) is 37.6. The first-order valence-corrected chi connectivity index (χ1v) is 38.2. The van der Waals surface area contributed by atoms with Gasteiger partial charge in [-0.3, -0.25) is 72.4 Å². The molecule has 1 aliphatic carbocycles. The third-order valence-electron chi connectivity index (χ3n) is 19.5. The molecule has 1 saturated heterocycles. The van der Waals surface area contributed by atoms with Crippen LogP contribution in [0.25, 0.3) is 10.9 Å². The summed E-state index contributed by atoms with van der Waals surface area (Å²) < 4.78 is 5.16. The number of amides is 13. The second kappa shape index (κ2) is 46.5. The summed E-state index contributed by atoms with van der Waals surface area (Å²) in [5, 5.41) is 85.4. The minimum absolute atomic E-state index is 0.0241. The van der Waals surface area contributed by atoms with Crippen LogP contribution >= 0.6 is 0 Å². The average molecular weight is 1590 g/mol. The first-order chi connectivity index (χ1) is 53.8. The lowest BCUT2D eigenvalue weighted by molar-refractivity contribution is -0.317. The minimum atomic E-state index is -2.22. The summed E-state index contributed by atoms with van der Waals surface area (Å²) in [6, 6.07) is -4.43. The summed E-state index contributed by atoms with van der Waals surface area (Å²) in [7, 11) is 0. The van der Waals surface area contributed by atoms with Crippen molar-refractivity contribution >= 4 is 93.7 Å². The van der Waals surface area contributed by atoms with Crippen LogP contribution in [0.1, 0.15) is 147 Å². The number of para-hydroxylation sites is 1. The van der Waals surface area contributed by atoms with Gasteiger partial charge in [-0.1, -0.05) is 83.9 Å². The van der Waals surface area contributed by atoms with E-state index in [0.717, 1.165) is 38.5 Å². The molecule has 1 aromatic carbocycles. The van der Waals surface area contributed by atoms with Gasteiger partial charge in [0.2, 0.25) is 82.6 Å². The van der Waals surface area contributed by atoms with E-state index in [2.05, 4.69) is 94.0 Å². The van der Waals surface area contributed by atoms with E-state index in [0.29, 0.717) is 47.1 Å². The number of H-pyrrole nitrogens is 3. The number of ether oxygens (including phenoxy) is 1. The number of hydrogen-bond acceptors (Lipinski definition) is 23. The molecule has 13 atom stereocenters. The van der Waals surface area contributed by atoms with Crippen LogP contribution in [0.2, 0.25) is 0 Å². The summed E-state index contributed by atoms with van der Waals surface area (Å²) >= 11 is 0. The van der Waals surface area contributed by atoms with Crippen molar-refractivity contribution in [1.82, 2.24) is 94.0 Å². The number of aliphatic carboxylic acids is 1. The maximum Gasteiger partial charge on any atom is 0.321 e. The maximum absolute atomic E-state index is 14.5. The van der Waals surface area contributed by atoms with E-state index in [1.165, 1.54) is 32.0 Å². The average Bonchev–Trinajstić information content (AvgIpc) is 1.43. The highest BCUT2D eigenvalue weighted by molar-refractivity contribution is 5.98. The molecule has 2 unspecified atom stereocenters. The third-order valence-corrected chi connectivity index (χ3v) is 19.5. The fraction of sp³-hybridized carbons (Fsp3) is 0.616. The number of rotatable bonds is 50. The van der Waals surface area contributed by atoms with Crippen LogP contribution in [0.15, 0.2) is 55.5 Å². The number of nitrogens with one attached hydrogen (secondary N) is 16. The quantitative estimate of drug-likeness (QED) is 0.0184. The Balaban J connectivity index is 1.03. The van der Waals surface area contributed by atoms with E-state index < -0.39 is 200 Å². The highest BCUT2D eigenvalue weighted by Crippen LogP contribution is 2.28. The summed E-state index contributed by atoms with van der Waals surface area (Å²) in [5.41, 5.74) is 13.3. The smallest absolute Gasteiger partial charge is 0.321 e. The second-order valence-electron chi connectivity index (χ2n) is 28.9. The molecule has 113 heavy (non-hydrogen) atoms. The number of aliphatic hydroxyl groups is 4. The van der Waals surface area contributed by atoms with Gasteiger partial charge in [0.15, 0.2) is 0 Å². The van der Waals surface area contributed by atoms with Crippen molar-refractivity contribution in [2.45, 2.75) is 228 Å². The number of imidazole rings is 2. The van der Waals surface area contributed by atoms with Gasteiger partial charge in [-0.15, -0.1) is 0 Å². The standard InChI is InChI=1S/C73H112N20O20/c1-5-6-17-48(64(75)102)90-69(107)51(27-42-14-8-7-9-15-42)91-70(108)53(29-44-32-77-38-84-44)89-60(99)35-83-71(109)61(40(2)3)93-65(103)41(4)86-68(106)52(28-43-31-81-47-18-11-10-16-46(43)47)92-67(105)50(20-21-56(74)95)87-58(97)23-25-79-57(96)22-26-80-66(104)49(88-59(98)34-82-54(72(110)111)30-45-33-78-39-85-45)19-12-13-24-76-37-73(112)63(101)62(100)55(94)36-113-73/h10-11,16,18,31-33,38-42,48-55,61-63,76,81-82,94,100-101,112H,5-9,12-15,17,19-30,34-37H2,1-4H3,(H2,74,95)(H2,75,102)(H,77,84)(H,78,85)(H,79,96)(H,80,104)(H,83,109)(H,86,106)(H,87,97)(H,88,98)(H,89,99)(H,90,107)(H,91,108)(H,92,105)(H,93,103)(H,110,111)/t41-,48?,49-,50-,51?,52-,53-,54-,55+,61-,62+,63-,73+/m0/s1. The predicted molar refractivity (Wildman–Crippen MR) is 404 cm³/mol. The molecule has 3 aromatic heterocycles. The molecule has 4 aromatic rings. The molecule has 0 spiro atoms. The van der Waals surface area contributed by atoms with Crippen molar-refractivity contribution in [3.63, 3.8) is 0 Å². The number of carbonyl (C=O) groups excluding carboxylic acids is 13. The SMILES string of the molecule is CCCCC(NC(=O)C(CC1CCCCC1)NC(=O)[C@H](Cc1cnc[nH]1)NC(=O)CNC(=O)[C@@H](NC(=O)[C@H](C)NC(=O)[C@H](Cc1c[nH]c2ccccc12)NC(=O)[C@H](CCC(N)=O)NC(=O)CCNC(=O)CCNC(=O)[C@H](CCCCNC[C@@]1(O)OC[C@@H](O)[C@@H](O)[C@@H]1O)NC(=O)CN[C@@H](Cc1cnc[nH]1)C(=O)O)C(C)C)C(N)=O. The van der Waals surface area contributed by atoms with Gasteiger partial charge >= 0.3 is 5.97 Å². The topological polar surface area (TPSA) is 631 Å². The highest BCUT2D eigenvalue weighted by Gasteiger charge is 2.48. The molecule has 40 nitrogen and oxygen atoms in total. The largest absolute Gasteiger partial charge is 0.480 e. The number of unbranched alkanes of at least 4 members (excludes halogenated alkanes) is 2. The molecule has 6 rings (SSSR count). The predicted octanol–water partition coefficient (Wildman–Crippen LogP) is -5.16. The van der Waals surface area contributed by atoms with E-state index in [9.17, 15) is 92.7 Å². The van der Waals surface area contributed by atoms with Crippen molar-refractivity contribution in [2.24, 2.45) is 23.3 Å². The number of nitrogens with zero attached hydrogens (tertiary/aromatic N) is 2. The van der Waals surface area contributed by atoms with Crippen LogP contribution in [0.5, 0.6) is 0 Å². The molecule has 624 valence electrons. The zero-order chi connectivity index (χ0) is 82.7. The summed E-state index contributed by atoms with van der Waals surface area (Å²) in [5.74, 6) is -14.1. The van der Waals surface area contributed by atoms with Crippen LogP contribution in [0.3, 0.4) is 0 Å². The fourth-order valence-corrected chi connectivity index (χ4v) is 12.9. The van der Waals surface area contributed by atoms with E-state index in [4.69, 9.17) is 16.2 Å². The van der Waals surface area contributed by atoms with Gasteiger partial charge in [0.05, 0.1) is 38.9 Å². The molecule has 4 heterocycles. The number of primary amides is 2. The molecule has 0 bridgehead atoms. The Labute approximate surface area is 652 Å². The van der Waals surface area contributed by atoms with Crippen LogP contribution < -0.4 is 80.6 Å². The van der Waals surface area contributed by atoms with Gasteiger partial charge in [0.1, 0.15) is 72.7 Å². The number of carboxylic acids is 1. The Morgan fingerprint density at radius 1 is 0.575 bits per heavy atom. The minimum Gasteiger partial charge on any atom is -0.480 e. The normalized spacial score (nSPS) is 18.7. The number of nitrogens with two attached hydrogens (primary N) is 2. The van der Waals surface area contributed by atoms with Crippen molar-refractivity contribution in [3.8, 4) is 0 Å². The highest BCUT2D eigenvalue weighted by atomic mass is 16.6. The zero-order valence-corrected chi connectivity index (χ0v) is 64.1. The second-order valence-corrected chi connectivity index (χ2v) is 28.9. The third kappa shape index (κ3) is 30.8. The lowest BCUT2D eigenvalue weighted by atomic mass is 9.84. The van der Waals surface area contributed by atoms with Crippen LogP contribution in [-0.4, -0.2) is 258 Å². The maximum atomic E-state index is 14.5. The monoisotopic (exact) mass is 1590 g/mol. The number of aromatic nitrogens is 5. The van der Waals surface area contributed by atoms with Crippen LogP contribution in [-0.2, 0) is 91.1 Å². The van der Waals surface area contributed by atoms with E-state index in [1.54, 1.807) is 44.3 Å². The van der Waals surface area contributed by atoms with E-state index in [1.807, 2.05) is 6.92 Å². The van der Waals surface area contributed by atoms with Crippen molar-refractivity contribution in [3.05, 3.63) is 72.5 Å². The van der Waals surface area contributed by atoms with Gasteiger partial charge in [-0.25, -0.2) is 9.97 Å². The van der Waals surface area contributed by atoms with Gasteiger partial charge in [-0.2, -0.15) is 0 Å². The Hall–Kier alpha value is -10.5.